The quantitative estimate of drug-likeness (QED) is 0.533. The summed E-state index contributed by atoms with van der Waals surface area (Å²) in [6.07, 6.45) is 1.14. The van der Waals surface area contributed by atoms with Gasteiger partial charge in [-0.3, -0.25) is 9.59 Å². The summed E-state index contributed by atoms with van der Waals surface area (Å²) in [5.74, 6) is 0.584. The highest BCUT2D eigenvalue weighted by Gasteiger charge is 2.29. The van der Waals surface area contributed by atoms with Crippen LogP contribution in [0, 0.1) is 0 Å². The van der Waals surface area contributed by atoms with Crippen LogP contribution in [0.5, 0.6) is 11.5 Å². The Hall–Kier alpha value is -3.38. The largest absolute Gasteiger partial charge is 0.493 e. The summed E-state index contributed by atoms with van der Waals surface area (Å²) in [7, 11) is 1.24. The number of nitrogens with zero attached hydrogens (tertiary/aromatic N) is 4. The number of aromatic nitrogens is 2. The maximum atomic E-state index is 13.1. The van der Waals surface area contributed by atoms with E-state index < -0.39 is 21.5 Å². The molecular formula is C21H24N4O7S. The number of methoxy groups -OCH3 is 2. The monoisotopic (exact) mass is 476 g/mol. The maximum absolute atomic E-state index is 13.1. The smallest absolute Gasteiger partial charge is 0.289 e. The number of hydrogen-bond donors (Lipinski definition) is 0. The SMILES string of the molecule is COc1ccc(-c2nn(C)c(=O)c3cc(C(=O)N4CCN(S(C)(=O)=O)CC4)oc23)cc1OC. The Morgan fingerprint density at radius 3 is 2.33 bits per heavy atom. The van der Waals surface area contributed by atoms with Crippen LogP contribution in [0.25, 0.3) is 22.2 Å². The van der Waals surface area contributed by atoms with Gasteiger partial charge in [-0.25, -0.2) is 13.1 Å². The van der Waals surface area contributed by atoms with Crippen LogP contribution in [0.2, 0.25) is 0 Å². The zero-order chi connectivity index (χ0) is 23.9. The number of ether oxygens (including phenoxy) is 2. The van der Waals surface area contributed by atoms with E-state index >= 15 is 0 Å². The molecule has 0 N–H and O–H groups in total. The predicted octanol–water partition coefficient (Wildman–Crippen LogP) is 0.928. The first kappa shape index (κ1) is 22.8. The first-order valence-electron chi connectivity index (χ1n) is 10.1. The van der Waals surface area contributed by atoms with Gasteiger partial charge in [-0.2, -0.15) is 9.40 Å². The molecule has 176 valence electrons. The van der Waals surface area contributed by atoms with E-state index in [0.29, 0.717) is 22.8 Å². The van der Waals surface area contributed by atoms with Crippen molar-refractivity contribution in [3.63, 3.8) is 0 Å². The van der Waals surface area contributed by atoms with E-state index in [1.165, 1.54) is 41.2 Å². The maximum Gasteiger partial charge on any atom is 0.289 e. The zero-order valence-corrected chi connectivity index (χ0v) is 19.5. The molecule has 2 aromatic heterocycles. The average Bonchev–Trinajstić information content (AvgIpc) is 3.25. The van der Waals surface area contributed by atoms with Gasteiger partial charge in [0, 0.05) is 44.9 Å². The summed E-state index contributed by atoms with van der Waals surface area (Å²) >= 11 is 0. The van der Waals surface area contributed by atoms with Crippen molar-refractivity contribution in [2.45, 2.75) is 0 Å². The molecule has 1 aromatic carbocycles. The summed E-state index contributed by atoms with van der Waals surface area (Å²) < 4.78 is 42.4. The Bertz CT molecular complexity index is 1390. The molecule has 33 heavy (non-hydrogen) atoms. The second-order valence-electron chi connectivity index (χ2n) is 7.65. The van der Waals surface area contributed by atoms with Gasteiger partial charge in [0.2, 0.25) is 10.0 Å². The molecule has 0 bridgehead atoms. The second-order valence-corrected chi connectivity index (χ2v) is 9.64. The summed E-state index contributed by atoms with van der Waals surface area (Å²) in [5, 5.41) is 4.56. The molecule has 1 aliphatic heterocycles. The van der Waals surface area contributed by atoms with Crippen molar-refractivity contribution >= 4 is 26.9 Å². The van der Waals surface area contributed by atoms with Crippen molar-refractivity contribution in [2.75, 3.05) is 46.7 Å². The number of rotatable bonds is 5. The Morgan fingerprint density at radius 1 is 1.06 bits per heavy atom. The zero-order valence-electron chi connectivity index (χ0n) is 18.7. The fourth-order valence-electron chi connectivity index (χ4n) is 3.80. The van der Waals surface area contributed by atoms with Crippen molar-refractivity contribution < 1.29 is 27.1 Å². The molecule has 0 aliphatic carbocycles. The number of fused-ring (bicyclic) bond motifs is 1. The van der Waals surface area contributed by atoms with E-state index in [2.05, 4.69) is 5.10 Å². The summed E-state index contributed by atoms with van der Waals surface area (Å²) in [6, 6.07) is 6.58. The van der Waals surface area contributed by atoms with Gasteiger partial charge in [0.1, 0.15) is 5.69 Å². The summed E-state index contributed by atoms with van der Waals surface area (Å²) in [4.78, 5) is 27.3. The average molecular weight is 477 g/mol. The number of furan rings is 1. The first-order valence-corrected chi connectivity index (χ1v) is 12.0. The fourth-order valence-corrected chi connectivity index (χ4v) is 4.62. The van der Waals surface area contributed by atoms with Crippen molar-refractivity contribution in [1.82, 2.24) is 19.0 Å². The molecule has 3 aromatic rings. The number of aryl methyl sites for hydroxylation is 1. The topological polar surface area (TPSA) is 124 Å². The molecule has 1 aliphatic rings. The van der Waals surface area contributed by atoms with E-state index in [9.17, 15) is 18.0 Å². The van der Waals surface area contributed by atoms with E-state index in [1.54, 1.807) is 18.2 Å². The van der Waals surface area contributed by atoms with Gasteiger partial charge in [-0.15, -0.1) is 0 Å². The van der Waals surface area contributed by atoms with Gasteiger partial charge in [0.15, 0.2) is 22.8 Å². The van der Waals surface area contributed by atoms with E-state index in [0.717, 1.165) is 6.26 Å². The number of hydrogen-bond acceptors (Lipinski definition) is 8. The summed E-state index contributed by atoms with van der Waals surface area (Å²) in [5.41, 5.74) is 0.764. The van der Waals surface area contributed by atoms with E-state index in [4.69, 9.17) is 13.9 Å². The first-order chi connectivity index (χ1) is 15.6. The van der Waals surface area contributed by atoms with Crippen LogP contribution >= 0.6 is 0 Å². The lowest BCUT2D eigenvalue weighted by molar-refractivity contribution is 0.0668. The molecule has 0 atom stereocenters. The number of piperazine rings is 1. The Labute approximate surface area is 190 Å². The minimum atomic E-state index is -3.32. The molecule has 0 unspecified atom stereocenters. The lowest BCUT2D eigenvalue weighted by atomic mass is 10.1. The number of benzene rings is 1. The highest BCUT2D eigenvalue weighted by atomic mass is 32.2. The van der Waals surface area contributed by atoms with Crippen LogP contribution in [0.1, 0.15) is 10.6 Å². The Kier molecular flexibility index (Phi) is 5.89. The van der Waals surface area contributed by atoms with Gasteiger partial charge in [-0.05, 0) is 18.2 Å². The summed E-state index contributed by atoms with van der Waals surface area (Å²) in [6.45, 7) is 0.847. The van der Waals surface area contributed by atoms with E-state index in [-0.39, 0.29) is 42.9 Å². The molecule has 3 heterocycles. The van der Waals surface area contributed by atoms with Gasteiger partial charge >= 0.3 is 0 Å². The highest BCUT2D eigenvalue weighted by Crippen LogP contribution is 2.34. The molecule has 0 spiro atoms. The van der Waals surface area contributed by atoms with Crippen LogP contribution in [0.4, 0.5) is 0 Å². The van der Waals surface area contributed by atoms with Crippen LogP contribution in [0.3, 0.4) is 0 Å². The molecule has 4 rings (SSSR count). The third-order valence-electron chi connectivity index (χ3n) is 5.58. The minimum Gasteiger partial charge on any atom is -0.493 e. The van der Waals surface area contributed by atoms with Crippen molar-refractivity contribution in [1.29, 1.82) is 0 Å². The molecule has 12 heteroatoms. The Balaban J connectivity index is 1.73. The highest BCUT2D eigenvalue weighted by molar-refractivity contribution is 7.88. The standard InChI is InChI=1S/C21H24N4O7S/c1-23-20(26)14-12-17(21(27)24-7-9-25(10-8-24)33(4,28)29)32-19(14)18(22-23)13-5-6-15(30-2)16(11-13)31-3/h5-6,11-12H,7-10H2,1-4H3. The molecule has 0 radical (unpaired) electrons. The number of carbonyl (C=O) groups is 1. The van der Waals surface area contributed by atoms with Crippen LogP contribution < -0.4 is 15.0 Å². The van der Waals surface area contributed by atoms with Gasteiger partial charge in [0.05, 0.1) is 25.9 Å². The van der Waals surface area contributed by atoms with Crippen molar-refractivity contribution in [3.05, 3.63) is 40.4 Å². The molecular weight excluding hydrogens is 452 g/mol. The van der Waals surface area contributed by atoms with Crippen LogP contribution in [-0.2, 0) is 17.1 Å². The Morgan fingerprint density at radius 2 is 1.73 bits per heavy atom. The van der Waals surface area contributed by atoms with Gasteiger partial charge in [0.25, 0.3) is 11.5 Å². The normalized spacial score (nSPS) is 15.1. The lowest BCUT2D eigenvalue weighted by Gasteiger charge is -2.32. The second kappa shape index (κ2) is 8.52. The van der Waals surface area contributed by atoms with Crippen LogP contribution in [-0.4, -0.2) is 80.0 Å². The predicted molar refractivity (Wildman–Crippen MR) is 120 cm³/mol. The minimum absolute atomic E-state index is 0.00960. The van der Waals surface area contributed by atoms with Crippen molar-refractivity contribution in [3.8, 4) is 22.8 Å². The molecule has 1 amide bonds. The molecule has 1 saturated heterocycles. The lowest BCUT2D eigenvalue weighted by Crippen LogP contribution is -2.50. The van der Waals surface area contributed by atoms with Gasteiger partial charge < -0.3 is 18.8 Å². The van der Waals surface area contributed by atoms with Crippen LogP contribution in [0.15, 0.2) is 33.5 Å². The molecule has 1 fully saturated rings. The van der Waals surface area contributed by atoms with Gasteiger partial charge in [-0.1, -0.05) is 0 Å². The van der Waals surface area contributed by atoms with Crippen molar-refractivity contribution in [2.24, 2.45) is 7.05 Å². The number of amides is 1. The number of sulfonamides is 1. The third kappa shape index (κ3) is 4.18. The molecule has 0 saturated carbocycles. The third-order valence-corrected chi connectivity index (χ3v) is 6.89. The number of carbonyl (C=O) groups excluding carboxylic acids is 1. The molecule has 11 nitrogen and oxygen atoms in total. The fraction of sp³-hybridized carbons (Fsp3) is 0.381. The van der Waals surface area contributed by atoms with E-state index in [1.807, 2.05) is 0 Å².